The molecule has 0 radical (unpaired) electrons. The molecule has 2 aromatic heterocycles. The molecule has 0 spiro atoms. The van der Waals surface area contributed by atoms with Gasteiger partial charge in [0.1, 0.15) is 11.6 Å². The molecular weight excluding hydrogens is 356 g/mol. The second-order valence-electron chi connectivity index (χ2n) is 7.38. The Morgan fingerprint density at radius 2 is 2.04 bits per heavy atom. The summed E-state index contributed by atoms with van der Waals surface area (Å²) < 4.78 is 1.56. The van der Waals surface area contributed by atoms with Gasteiger partial charge in [-0.2, -0.15) is 0 Å². The molecule has 0 aliphatic carbocycles. The summed E-state index contributed by atoms with van der Waals surface area (Å²) in [6.45, 7) is 6.27. The number of aromatic nitrogens is 3. The van der Waals surface area contributed by atoms with Crippen molar-refractivity contribution < 1.29 is 9.90 Å². The highest BCUT2D eigenvalue weighted by atomic mass is 16.3. The van der Waals surface area contributed by atoms with E-state index >= 15 is 0 Å². The molecule has 2 heterocycles. The summed E-state index contributed by atoms with van der Waals surface area (Å²) in [4.78, 5) is 32.3. The number of pyridine rings is 1. The van der Waals surface area contributed by atoms with E-state index in [4.69, 9.17) is 0 Å². The van der Waals surface area contributed by atoms with Crippen molar-refractivity contribution in [3.05, 3.63) is 58.3 Å². The van der Waals surface area contributed by atoms with Crippen LogP contribution < -0.4 is 10.9 Å². The number of amides is 1. The summed E-state index contributed by atoms with van der Waals surface area (Å²) in [6.07, 6.45) is 0.832. The fraction of sp³-hybridized carbons (Fsp3) is 0.381. The van der Waals surface area contributed by atoms with E-state index in [1.54, 1.807) is 11.5 Å². The maximum atomic E-state index is 12.5. The van der Waals surface area contributed by atoms with Crippen LogP contribution in [0.4, 0.5) is 0 Å². The third kappa shape index (κ3) is 4.42. The van der Waals surface area contributed by atoms with Gasteiger partial charge in [-0.05, 0) is 37.5 Å². The zero-order chi connectivity index (χ0) is 20.3. The van der Waals surface area contributed by atoms with E-state index in [0.29, 0.717) is 25.1 Å². The van der Waals surface area contributed by atoms with Crippen LogP contribution >= 0.6 is 0 Å². The van der Waals surface area contributed by atoms with Crippen LogP contribution in [0.15, 0.2) is 41.2 Å². The Labute approximate surface area is 163 Å². The lowest BCUT2D eigenvalue weighted by Crippen LogP contribution is -2.32. The molecule has 0 unspecified atom stereocenters. The first-order valence-electron chi connectivity index (χ1n) is 9.49. The van der Waals surface area contributed by atoms with Crippen molar-refractivity contribution in [3.8, 4) is 5.75 Å². The summed E-state index contributed by atoms with van der Waals surface area (Å²) in [5.74, 6) is 0.798. The minimum absolute atomic E-state index is 0.0397. The molecule has 1 amide bonds. The number of aromatic amines is 1. The molecule has 1 atom stereocenters. The Hall–Kier alpha value is -3.09. The minimum atomic E-state index is -0.264. The van der Waals surface area contributed by atoms with Crippen molar-refractivity contribution in [1.82, 2.24) is 19.9 Å². The summed E-state index contributed by atoms with van der Waals surface area (Å²) in [5.41, 5.74) is 2.23. The van der Waals surface area contributed by atoms with E-state index in [2.05, 4.69) is 15.3 Å². The number of aryl methyl sites for hydroxylation is 1. The summed E-state index contributed by atoms with van der Waals surface area (Å²) in [6, 6.07) is 10.3. The second-order valence-corrected chi connectivity index (χ2v) is 7.38. The number of carbonyl (C=O) groups is 1. The molecule has 0 saturated carbocycles. The van der Waals surface area contributed by atoms with Crippen molar-refractivity contribution in [2.24, 2.45) is 5.92 Å². The highest BCUT2D eigenvalue weighted by Crippen LogP contribution is 2.22. The lowest BCUT2D eigenvalue weighted by molar-refractivity contribution is -0.122. The van der Waals surface area contributed by atoms with Gasteiger partial charge in [0.25, 0.3) is 5.56 Å². The smallest absolute Gasteiger partial charge is 0.254 e. The van der Waals surface area contributed by atoms with Crippen LogP contribution in [0, 0.1) is 12.8 Å². The van der Waals surface area contributed by atoms with Crippen molar-refractivity contribution in [1.29, 1.82) is 0 Å². The van der Waals surface area contributed by atoms with Crippen LogP contribution in [-0.4, -0.2) is 25.5 Å². The lowest BCUT2D eigenvalue weighted by atomic mass is 10.0. The van der Waals surface area contributed by atoms with Crippen LogP contribution in [0.5, 0.6) is 5.75 Å². The molecule has 7 heteroatoms. The summed E-state index contributed by atoms with van der Waals surface area (Å²) in [7, 11) is 0. The van der Waals surface area contributed by atoms with Crippen LogP contribution in [0.25, 0.3) is 11.0 Å². The number of benzene rings is 1. The molecule has 0 aliphatic rings. The maximum Gasteiger partial charge on any atom is 0.254 e. The first-order valence-corrected chi connectivity index (χ1v) is 9.49. The first-order chi connectivity index (χ1) is 13.3. The number of hydrogen-bond donors (Lipinski definition) is 3. The van der Waals surface area contributed by atoms with Gasteiger partial charge in [-0.1, -0.05) is 26.0 Å². The number of carbonyl (C=O) groups excluding carboxylic acids is 1. The molecule has 3 aromatic rings. The summed E-state index contributed by atoms with van der Waals surface area (Å²) in [5, 5.41) is 12.5. The number of para-hydroxylation sites is 2. The SMILES string of the molecule is Cc1cc(O)cc(=O)n1CCCC(=O)N[C@@H](c1nc2ccccc2[nH]1)C(C)C. The molecule has 7 nitrogen and oxygen atoms in total. The number of rotatable bonds is 7. The number of fused-ring (bicyclic) bond motifs is 1. The number of nitrogens with one attached hydrogen (secondary N) is 2. The van der Waals surface area contributed by atoms with Gasteiger partial charge < -0.3 is 20.0 Å². The summed E-state index contributed by atoms with van der Waals surface area (Å²) >= 11 is 0. The van der Waals surface area contributed by atoms with E-state index in [9.17, 15) is 14.7 Å². The Balaban J connectivity index is 1.63. The average molecular weight is 382 g/mol. The molecule has 148 valence electrons. The predicted octanol–water partition coefficient (Wildman–Crippen LogP) is 3.03. The Bertz CT molecular complexity index is 1000. The van der Waals surface area contributed by atoms with Crippen molar-refractivity contribution in [2.45, 2.75) is 46.2 Å². The van der Waals surface area contributed by atoms with Crippen LogP contribution in [0.1, 0.15) is 44.2 Å². The first kappa shape index (κ1) is 19.7. The molecule has 1 aromatic carbocycles. The molecule has 0 fully saturated rings. The van der Waals surface area contributed by atoms with E-state index in [0.717, 1.165) is 16.9 Å². The van der Waals surface area contributed by atoms with Gasteiger partial charge in [0.15, 0.2) is 0 Å². The molecule has 3 N–H and O–H groups in total. The third-order valence-corrected chi connectivity index (χ3v) is 4.79. The van der Waals surface area contributed by atoms with Crippen molar-refractivity contribution in [2.75, 3.05) is 0 Å². The highest BCUT2D eigenvalue weighted by molar-refractivity contribution is 5.77. The van der Waals surface area contributed by atoms with E-state index in [-0.39, 0.29) is 29.2 Å². The average Bonchev–Trinajstić information content (AvgIpc) is 3.05. The standard InChI is InChI=1S/C21H26N4O3/c1-13(2)20(21-22-16-7-4-5-8-17(16)23-21)24-18(27)9-6-10-25-14(3)11-15(26)12-19(25)28/h4-5,7-8,11-13,20,26H,6,9-10H2,1-3H3,(H,22,23)(H,24,27)/t20-/m1/s1. The van der Waals surface area contributed by atoms with Gasteiger partial charge in [-0.3, -0.25) is 9.59 Å². The van der Waals surface area contributed by atoms with Crippen molar-refractivity contribution >= 4 is 16.9 Å². The molecule has 28 heavy (non-hydrogen) atoms. The topological polar surface area (TPSA) is 100 Å². The minimum Gasteiger partial charge on any atom is -0.508 e. The van der Waals surface area contributed by atoms with Gasteiger partial charge in [0.05, 0.1) is 17.1 Å². The normalized spacial score (nSPS) is 12.4. The Morgan fingerprint density at radius 1 is 1.29 bits per heavy atom. The molecular formula is C21H26N4O3. The Morgan fingerprint density at radius 3 is 2.71 bits per heavy atom. The van der Waals surface area contributed by atoms with Crippen LogP contribution in [0.2, 0.25) is 0 Å². The quantitative estimate of drug-likeness (QED) is 0.585. The number of hydrogen-bond acceptors (Lipinski definition) is 4. The highest BCUT2D eigenvalue weighted by Gasteiger charge is 2.21. The molecule has 0 bridgehead atoms. The number of nitrogens with zero attached hydrogens (tertiary/aromatic N) is 2. The third-order valence-electron chi connectivity index (χ3n) is 4.79. The van der Waals surface area contributed by atoms with Gasteiger partial charge in [-0.25, -0.2) is 4.98 Å². The number of H-pyrrole nitrogens is 1. The van der Waals surface area contributed by atoms with Gasteiger partial charge >= 0.3 is 0 Å². The van der Waals surface area contributed by atoms with E-state index in [1.165, 1.54) is 12.1 Å². The zero-order valence-corrected chi connectivity index (χ0v) is 16.4. The Kier molecular flexibility index (Phi) is 5.82. The largest absolute Gasteiger partial charge is 0.508 e. The van der Waals surface area contributed by atoms with E-state index in [1.807, 2.05) is 38.1 Å². The van der Waals surface area contributed by atoms with Gasteiger partial charge in [0, 0.05) is 24.7 Å². The fourth-order valence-electron chi connectivity index (χ4n) is 3.31. The zero-order valence-electron chi connectivity index (χ0n) is 16.4. The molecule has 0 saturated heterocycles. The number of aromatic hydroxyl groups is 1. The predicted molar refractivity (Wildman–Crippen MR) is 108 cm³/mol. The lowest BCUT2D eigenvalue weighted by Gasteiger charge is -2.20. The van der Waals surface area contributed by atoms with Gasteiger partial charge in [0.2, 0.25) is 5.91 Å². The van der Waals surface area contributed by atoms with Crippen molar-refractivity contribution in [3.63, 3.8) is 0 Å². The van der Waals surface area contributed by atoms with Crippen LogP contribution in [-0.2, 0) is 11.3 Å². The van der Waals surface area contributed by atoms with Gasteiger partial charge in [-0.15, -0.1) is 0 Å². The fourth-order valence-corrected chi connectivity index (χ4v) is 3.31. The maximum absolute atomic E-state index is 12.5. The monoisotopic (exact) mass is 382 g/mol. The number of imidazole rings is 1. The molecule has 3 rings (SSSR count). The molecule has 0 aliphatic heterocycles. The second kappa shape index (κ2) is 8.29. The van der Waals surface area contributed by atoms with Crippen LogP contribution in [0.3, 0.4) is 0 Å². The van der Waals surface area contributed by atoms with E-state index < -0.39 is 0 Å².